The highest BCUT2D eigenvalue weighted by molar-refractivity contribution is 7.48. The molecule has 53 heavy (non-hydrogen) atoms. The molecule has 0 amide bonds. The maximum absolute atomic E-state index is 14.5. The average molecular weight is 709 g/mol. The van der Waals surface area contributed by atoms with Crippen molar-refractivity contribution >= 4 is 50.9 Å². The molecule has 0 atom stereocenters. The third-order valence-electron chi connectivity index (χ3n) is 12.0. The van der Waals surface area contributed by atoms with Gasteiger partial charge in [0.25, 0.3) is 0 Å². The van der Waals surface area contributed by atoms with E-state index in [4.69, 9.17) is 9.05 Å². The van der Waals surface area contributed by atoms with Crippen LogP contribution in [0.5, 0.6) is 11.5 Å². The van der Waals surface area contributed by atoms with E-state index in [2.05, 4.69) is 121 Å². The van der Waals surface area contributed by atoms with Crippen LogP contribution in [0.25, 0.3) is 76.5 Å². The highest BCUT2D eigenvalue weighted by Crippen LogP contribution is 2.62. The molecule has 5 heteroatoms. The lowest BCUT2D eigenvalue weighted by Gasteiger charge is -2.28. The molecular formula is C48H37O4P. The van der Waals surface area contributed by atoms with E-state index in [0.717, 1.165) is 117 Å². The summed E-state index contributed by atoms with van der Waals surface area (Å²) in [6.45, 7) is 0. The van der Waals surface area contributed by atoms with Gasteiger partial charge in [0.1, 0.15) is 11.5 Å². The largest absolute Gasteiger partial charge is 0.584 e. The fraction of sp³-hybridized carbons (Fsp3) is 0.167. The zero-order valence-corrected chi connectivity index (χ0v) is 30.2. The summed E-state index contributed by atoms with van der Waals surface area (Å²) < 4.78 is 27.5. The SMILES string of the molecule is O=P1(O)Oc2c(-c3cc4ccccc4c4ccccc34)cc3c(c2-c2c4c(cc(-c5cc6ccccc6c6ccccc56)c2O1)CCCC4)CCCC3. The van der Waals surface area contributed by atoms with Crippen molar-refractivity contribution in [1.82, 2.24) is 0 Å². The minimum absolute atomic E-state index is 0.462. The van der Waals surface area contributed by atoms with Crippen molar-refractivity contribution in [3.63, 3.8) is 0 Å². The van der Waals surface area contributed by atoms with Crippen LogP contribution in [0.1, 0.15) is 47.9 Å². The first-order valence-corrected chi connectivity index (χ1v) is 20.4. The van der Waals surface area contributed by atoms with E-state index >= 15 is 0 Å². The van der Waals surface area contributed by atoms with E-state index < -0.39 is 7.82 Å². The quantitative estimate of drug-likeness (QED) is 0.143. The molecule has 4 nitrogen and oxygen atoms in total. The van der Waals surface area contributed by atoms with Crippen molar-refractivity contribution in [2.45, 2.75) is 51.4 Å². The average Bonchev–Trinajstić information content (AvgIpc) is 3.33. The Hall–Kier alpha value is -5.41. The van der Waals surface area contributed by atoms with Crippen LogP contribution in [0.2, 0.25) is 0 Å². The van der Waals surface area contributed by atoms with Gasteiger partial charge in [-0.2, -0.15) is 0 Å². The predicted octanol–water partition coefficient (Wildman–Crippen LogP) is 12.9. The molecule has 11 rings (SSSR count). The summed E-state index contributed by atoms with van der Waals surface area (Å²) in [4.78, 5) is 11.9. The molecule has 3 aliphatic rings. The molecule has 0 spiro atoms. The van der Waals surface area contributed by atoms with Gasteiger partial charge in [0.15, 0.2) is 0 Å². The van der Waals surface area contributed by atoms with E-state index in [-0.39, 0.29) is 0 Å². The van der Waals surface area contributed by atoms with E-state index in [1.54, 1.807) is 0 Å². The van der Waals surface area contributed by atoms with Gasteiger partial charge in [0.2, 0.25) is 0 Å². The molecule has 0 bridgehead atoms. The Bertz CT molecular complexity index is 2710. The van der Waals surface area contributed by atoms with Gasteiger partial charge in [0, 0.05) is 22.3 Å². The van der Waals surface area contributed by atoms with Crippen LogP contribution in [0, 0.1) is 0 Å². The number of benzene rings is 8. The lowest BCUT2D eigenvalue weighted by molar-refractivity contribution is 0.295. The van der Waals surface area contributed by atoms with Crippen molar-refractivity contribution in [3.05, 3.63) is 144 Å². The van der Waals surface area contributed by atoms with Crippen LogP contribution in [0.15, 0.2) is 121 Å². The zero-order chi connectivity index (χ0) is 35.3. The second kappa shape index (κ2) is 11.8. The summed E-state index contributed by atoms with van der Waals surface area (Å²) >= 11 is 0. The van der Waals surface area contributed by atoms with Crippen LogP contribution in [-0.2, 0) is 30.2 Å². The molecule has 0 radical (unpaired) electrons. The second-order valence-electron chi connectivity index (χ2n) is 15.0. The molecule has 0 saturated heterocycles. The normalized spacial score (nSPS) is 15.9. The highest BCUT2D eigenvalue weighted by atomic mass is 31.2. The number of phosphoric ester groups is 1. The van der Waals surface area contributed by atoms with Crippen LogP contribution >= 0.6 is 7.82 Å². The molecule has 1 N–H and O–H groups in total. The lowest BCUT2D eigenvalue weighted by Crippen LogP contribution is -2.10. The molecule has 2 aliphatic carbocycles. The monoisotopic (exact) mass is 708 g/mol. The van der Waals surface area contributed by atoms with Crippen molar-refractivity contribution in [1.29, 1.82) is 0 Å². The first-order valence-electron chi connectivity index (χ1n) is 18.9. The number of phosphoric acid groups is 1. The summed E-state index contributed by atoms with van der Waals surface area (Å²) in [5.74, 6) is 0.924. The zero-order valence-electron chi connectivity index (χ0n) is 29.3. The van der Waals surface area contributed by atoms with Crippen LogP contribution < -0.4 is 9.05 Å². The molecule has 8 aromatic carbocycles. The lowest BCUT2D eigenvalue weighted by atomic mass is 9.76. The summed E-state index contributed by atoms with van der Waals surface area (Å²) in [7, 11) is -4.68. The van der Waals surface area contributed by atoms with Crippen molar-refractivity contribution in [3.8, 4) is 44.9 Å². The molecule has 258 valence electrons. The number of rotatable bonds is 2. The Morgan fingerprint density at radius 1 is 0.434 bits per heavy atom. The van der Waals surface area contributed by atoms with Crippen LogP contribution in [0.3, 0.4) is 0 Å². The summed E-state index contributed by atoms with van der Waals surface area (Å²) in [6, 6.07) is 42.9. The van der Waals surface area contributed by atoms with Gasteiger partial charge >= 0.3 is 7.82 Å². The van der Waals surface area contributed by atoms with Gasteiger partial charge in [-0.15, -0.1) is 0 Å². The number of hydrogen-bond donors (Lipinski definition) is 1. The maximum atomic E-state index is 14.5. The predicted molar refractivity (Wildman–Crippen MR) is 217 cm³/mol. The fourth-order valence-corrected chi connectivity index (χ4v) is 10.6. The van der Waals surface area contributed by atoms with Crippen LogP contribution in [0.4, 0.5) is 0 Å². The molecule has 0 fully saturated rings. The first-order chi connectivity index (χ1) is 26.0. The van der Waals surface area contributed by atoms with Gasteiger partial charge in [-0.05, 0) is 152 Å². The van der Waals surface area contributed by atoms with E-state index in [0.29, 0.717) is 11.5 Å². The maximum Gasteiger partial charge on any atom is 0.584 e. The minimum atomic E-state index is -4.68. The van der Waals surface area contributed by atoms with Gasteiger partial charge in [0.05, 0.1) is 0 Å². The second-order valence-corrected chi connectivity index (χ2v) is 16.3. The Morgan fingerprint density at radius 3 is 1.26 bits per heavy atom. The third kappa shape index (κ3) is 4.82. The molecular weight excluding hydrogens is 671 g/mol. The standard InChI is InChI=1S/C48H37O4P/c49-53(50)51-47-43(41-25-29-13-1-5-17-33(29)37-21-9-11-23-39(37)41)27-31-15-3-7-19-35(31)45(47)46-36-20-8-4-16-32(36)28-44(48(46)52-53)42-26-30-14-2-6-18-34(30)38-22-10-12-24-40(38)42/h1-2,5-6,9-14,17-18,21-28H,3-4,7-8,15-16,19-20H2,(H,49,50). The highest BCUT2D eigenvalue weighted by Gasteiger charge is 2.40. The van der Waals surface area contributed by atoms with E-state index in [1.165, 1.54) is 33.0 Å². The summed E-state index contributed by atoms with van der Waals surface area (Å²) in [5.41, 5.74) is 10.6. The number of hydrogen-bond acceptors (Lipinski definition) is 3. The Morgan fingerprint density at radius 2 is 0.811 bits per heavy atom. The van der Waals surface area contributed by atoms with Crippen molar-refractivity contribution in [2.24, 2.45) is 0 Å². The fourth-order valence-electron chi connectivity index (χ4n) is 9.69. The van der Waals surface area contributed by atoms with Gasteiger partial charge in [-0.1, -0.05) is 97.1 Å². The molecule has 0 saturated carbocycles. The first kappa shape index (κ1) is 31.1. The van der Waals surface area contributed by atoms with Crippen molar-refractivity contribution in [2.75, 3.05) is 0 Å². The topological polar surface area (TPSA) is 55.8 Å². The van der Waals surface area contributed by atoms with Crippen molar-refractivity contribution < 1.29 is 18.5 Å². The van der Waals surface area contributed by atoms with Gasteiger partial charge in [-0.25, -0.2) is 4.57 Å². The number of fused-ring (bicyclic) bond motifs is 13. The Labute approximate surface area is 308 Å². The van der Waals surface area contributed by atoms with E-state index in [9.17, 15) is 9.46 Å². The summed E-state index contributed by atoms with van der Waals surface area (Å²) in [6.07, 6.45) is 7.99. The number of aryl methyl sites for hydroxylation is 2. The molecule has 8 aromatic rings. The smallest absolute Gasteiger partial charge is 0.394 e. The van der Waals surface area contributed by atoms with Gasteiger partial charge in [-0.3, -0.25) is 4.89 Å². The Balaban J connectivity index is 1.30. The van der Waals surface area contributed by atoms with E-state index in [1.807, 2.05) is 0 Å². The van der Waals surface area contributed by atoms with Crippen LogP contribution in [-0.4, -0.2) is 4.89 Å². The third-order valence-corrected chi connectivity index (χ3v) is 12.8. The molecule has 0 aromatic heterocycles. The minimum Gasteiger partial charge on any atom is -0.394 e. The molecule has 1 aliphatic heterocycles. The summed E-state index contributed by atoms with van der Waals surface area (Å²) in [5, 5.41) is 9.06. The Kier molecular flexibility index (Phi) is 6.93. The molecule has 0 unspecified atom stereocenters. The molecule has 1 heterocycles. The van der Waals surface area contributed by atoms with Gasteiger partial charge < -0.3 is 9.05 Å².